The Hall–Kier alpha value is -0.130. The van der Waals surface area contributed by atoms with Crippen molar-refractivity contribution in [1.82, 2.24) is 0 Å². The molecule has 0 aliphatic carbocycles. The first-order valence-corrected chi connectivity index (χ1v) is 3.75. The van der Waals surface area contributed by atoms with Crippen LogP contribution in [0.15, 0.2) is 0 Å². The highest BCUT2D eigenvalue weighted by Crippen LogP contribution is 2.05. The summed E-state index contributed by atoms with van der Waals surface area (Å²) >= 11 is 6.33. The Morgan fingerprint density at radius 1 is 1.67 bits per heavy atom. The summed E-state index contributed by atoms with van der Waals surface area (Å²) in [6, 6.07) is 0. The van der Waals surface area contributed by atoms with Crippen LogP contribution in [0.4, 0.5) is 0 Å². The lowest BCUT2D eigenvalue weighted by Gasteiger charge is -1.90. The van der Waals surface area contributed by atoms with E-state index in [1.165, 1.54) is 11.8 Å². The topological polar surface area (TPSA) is 17.1 Å². The van der Waals surface area contributed by atoms with Crippen molar-refractivity contribution in [3.63, 3.8) is 0 Å². The Bertz CT molecular complexity index is 154. The van der Waals surface area contributed by atoms with Gasteiger partial charge in [-0.2, -0.15) is 0 Å². The maximum Gasteiger partial charge on any atom is 0.297 e. The van der Waals surface area contributed by atoms with Crippen LogP contribution in [0.5, 0.6) is 0 Å². The van der Waals surface area contributed by atoms with Gasteiger partial charge in [0, 0.05) is 11.2 Å². The third-order valence-corrected chi connectivity index (χ3v) is 1.23. The molecule has 0 spiro atoms. The minimum absolute atomic E-state index is 0.425. The second kappa shape index (κ2) is 4.72. The molecule has 0 aromatic rings. The van der Waals surface area contributed by atoms with Gasteiger partial charge in [-0.05, 0) is 16.9 Å². The van der Waals surface area contributed by atoms with Crippen molar-refractivity contribution in [1.29, 1.82) is 0 Å². The van der Waals surface area contributed by atoms with Gasteiger partial charge in [-0.1, -0.05) is 25.6 Å². The average molecular weight is 163 g/mol. The van der Waals surface area contributed by atoms with Gasteiger partial charge >= 0.3 is 0 Å². The number of carbonyl (C=O) groups excluding carboxylic acids is 1. The van der Waals surface area contributed by atoms with Crippen LogP contribution in [-0.4, -0.2) is 10.5 Å². The number of carbonyl (C=O) groups is 1. The highest BCUT2D eigenvalue weighted by atomic mass is 35.5. The van der Waals surface area contributed by atoms with E-state index in [1.54, 1.807) is 0 Å². The summed E-state index contributed by atoms with van der Waals surface area (Å²) in [5.74, 6) is 2.22. The monoisotopic (exact) mass is 162 g/mol. The molecule has 0 radical (unpaired) electrons. The summed E-state index contributed by atoms with van der Waals surface area (Å²) in [4.78, 5) is 10.0. The summed E-state index contributed by atoms with van der Waals surface area (Å²) in [5, 5.41) is 2.40. The fourth-order valence-electron chi connectivity index (χ4n) is 0.187. The summed E-state index contributed by atoms with van der Waals surface area (Å²) in [7, 11) is 0. The number of hydrogen-bond donors (Lipinski definition) is 0. The Balaban J connectivity index is 3.50. The fourth-order valence-corrected chi connectivity index (χ4v) is 0.678. The first-order valence-electron chi connectivity index (χ1n) is 2.49. The highest BCUT2D eigenvalue weighted by molar-refractivity contribution is 8.04. The molecule has 0 rings (SSSR count). The zero-order valence-electron chi connectivity index (χ0n) is 5.27. The zero-order chi connectivity index (χ0) is 7.28. The summed E-state index contributed by atoms with van der Waals surface area (Å²) < 4.78 is 0. The molecule has 0 fully saturated rings. The summed E-state index contributed by atoms with van der Waals surface area (Å²) in [6.07, 6.45) is 0. The molecule has 50 valence electrons. The van der Waals surface area contributed by atoms with Crippen LogP contribution in [0.3, 0.4) is 0 Å². The van der Waals surface area contributed by atoms with Gasteiger partial charge in [0.05, 0.1) is 0 Å². The molecule has 0 aliphatic heterocycles. The van der Waals surface area contributed by atoms with Crippen LogP contribution in [-0.2, 0) is 4.79 Å². The van der Waals surface area contributed by atoms with E-state index in [9.17, 15) is 4.79 Å². The Morgan fingerprint density at radius 2 is 2.22 bits per heavy atom. The molecule has 0 saturated heterocycles. The van der Waals surface area contributed by atoms with Crippen molar-refractivity contribution in [3.8, 4) is 11.2 Å². The van der Waals surface area contributed by atoms with Crippen LogP contribution in [0.2, 0.25) is 0 Å². The van der Waals surface area contributed by atoms with E-state index in [0.717, 1.165) is 0 Å². The average Bonchev–Trinajstić information content (AvgIpc) is 1.63. The van der Waals surface area contributed by atoms with Crippen LogP contribution in [0.25, 0.3) is 0 Å². The minimum atomic E-state index is -0.594. The number of rotatable bonds is 1. The molecule has 0 bridgehead atoms. The number of hydrogen-bond acceptors (Lipinski definition) is 2. The van der Waals surface area contributed by atoms with E-state index >= 15 is 0 Å². The molecule has 0 saturated carbocycles. The van der Waals surface area contributed by atoms with Crippen molar-refractivity contribution in [3.05, 3.63) is 0 Å². The Kier molecular flexibility index (Phi) is 4.65. The second-order valence-corrected chi connectivity index (χ2v) is 3.39. The first kappa shape index (κ1) is 8.87. The van der Waals surface area contributed by atoms with Crippen molar-refractivity contribution in [2.45, 2.75) is 19.1 Å². The fraction of sp³-hybridized carbons (Fsp3) is 0.500. The minimum Gasteiger partial charge on any atom is -0.266 e. The molecule has 0 aromatic carbocycles. The van der Waals surface area contributed by atoms with Crippen molar-refractivity contribution in [2.24, 2.45) is 0 Å². The third-order valence-electron chi connectivity index (χ3n) is 0.444. The Labute approximate surface area is 64.2 Å². The molecule has 3 heteroatoms. The van der Waals surface area contributed by atoms with Gasteiger partial charge in [-0.15, -0.1) is 0 Å². The lowest BCUT2D eigenvalue weighted by Crippen LogP contribution is -1.82. The normalized spacial score (nSPS) is 8.44. The molecule has 0 aromatic heterocycles. The summed E-state index contributed by atoms with van der Waals surface area (Å²) in [6.45, 7) is 4.00. The smallest absolute Gasteiger partial charge is 0.266 e. The van der Waals surface area contributed by atoms with E-state index in [-0.39, 0.29) is 0 Å². The van der Waals surface area contributed by atoms with Crippen molar-refractivity contribution < 1.29 is 4.79 Å². The van der Waals surface area contributed by atoms with E-state index in [4.69, 9.17) is 11.6 Å². The predicted molar refractivity (Wildman–Crippen MR) is 41.4 cm³/mol. The molecule has 0 amide bonds. The van der Waals surface area contributed by atoms with Crippen LogP contribution in [0, 0.1) is 11.2 Å². The number of halogens is 1. The molecule has 9 heavy (non-hydrogen) atoms. The molecule has 0 unspecified atom stereocenters. The summed E-state index contributed by atoms with van der Waals surface area (Å²) in [5.41, 5.74) is 0. The largest absolute Gasteiger partial charge is 0.297 e. The van der Waals surface area contributed by atoms with Gasteiger partial charge in [0.1, 0.15) is 0 Å². The Morgan fingerprint density at radius 3 is 2.56 bits per heavy atom. The van der Waals surface area contributed by atoms with Crippen molar-refractivity contribution >= 4 is 28.6 Å². The molecule has 0 heterocycles. The van der Waals surface area contributed by atoms with E-state index in [2.05, 4.69) is 11.2 Å². The molecule has 0 aliphatic rings. The lowest BCUT2D eigenvalue weighted by atomic mass is 10.6. The second-order valence-electron chi connectivity index (χ2n) is 1.67. The van der Waals surface area contributed by atoms with E-state index in [1.807, 2.05) is 13.8 Å². The van der Waals surface area contributed by atoms with Gasteiger partial charge in [0.2, 0.25) is 0 Å². The molecular weight excluding hydrogens is 156 g/mol. The van der Waals surface area contributed by atoms with Gasteiger partial charge in [0.15, 0.2) is 0 Å². The van der Waals surface area contributed by atoms with Crippen LogP contribution >= 0.6 is 23.4 Å². The zero-order valence-corrected chi connectivity index (χ0v) is 6.84. The van der Waals surface area contributed by atoms with E-state index < -0.39 is 5.24 Å². The SMILES string of the molecule is CC(C)SC#CC(=O)Cl. The highest BCUT2D eigenvalue weighted by Gasteiger charge is 1.88. The quantitative estimate of drug-likeness (QED) is 0.433. The molecule has 1 nitrogen and oxygen atoms in total. The predicted octanol–water partition coefficient (Wildman–Crippen LogP) is 1.85. The maximum absolute atomic E-state index is 10.0. The first-order chi connectivity index (χ1) is 4.13. The number of thioether (sulfide) groups is 1. The van der Waals surface area contributed by atoms with Crippen molar-refractivity contribution in [2.75, 3.05) is 0 Å². The standard InChI is InChI=1S/C6H7ClOS/c1-5(2)9-4-3-6(7)8/h5H,1-2H3. The van der Waals surface area contributed by atoms with Gasteiger partial charge in [0.25, 0.3) is 5.24 Å². The lowest BCUT2D eigenvalue weighted by molar-refractivity contribution is -0.106. The van der Waals surface area contributed by atoms with Crippen LogP contribution in [0.1, 0.15) is 13.8 Å². The van der Waals surface area contributed by atoms with Gasteiger partial charge in [-0.3, -0.25) is 4.79 Å². The van der Waals surface area contributed by atoms with Gasteiger partial charge in [-0.25, -0.2) is 0 Å². The van der Waals surface area contributed by atoms with Gasteiger partial charge < -0.3 is 0 Å². The maximum atomic E-state index is 10.0. The molecule has 0 N–H and O–H groups in total. The third kappa shape index (κ3) is 7.87. The molecule has 0 atom stereocenters. The van der Waals surface area contributed by atoms with Crippen LogP contribution < -0.4 is 0 Å². The van der Waals surface area contributed by atoms with E-state index in [0.29, 0.717) is 5.25 Å². The molecular formula is C6H7ClOS.